The molecule has 1 N–H and O–H groups in total. The van der Waals surface area contributed by atoms with Crippen molar-refractivity contribution in [3.05, 3.63) is 29.8 Å². The molecule has 1 aliphatic heterocycles. The Morgan fingerprint density at radius 3 is 2.50 bits per heavy atom. The topological polar surface area (TPSA) is 66.5 Å². The highest BCUT2D eigenvalue weighted by molar-refractivity contribution is 7.89. The number of nitrogens with one attached hydrogen (secondary N) is 1. The molecule has 0 spiro atoms. The van der Waals surface area contributed by atoms with Gasteiger partial charge in [-0.2, -0.15) is 4.31 Å². The lowest BCUT2D eigenvalue weighted by atomic mass is 10.1. The zero-order valence-electron chi connectivity index (χ0n) is 13.2. The zero-order valence-corrected chi connectivity index (χ0v) is 14.0. The summed E-state index contributed by atoms with van der Waals surface area (Å²) in [4.78, 5) is 12.0. The largest absolute Gasteiger partial charge is 0.353 e. The van der Waals surface area contributed by atoms with Gasteiger partial charge in [0.1, 0.15) is 0 Å². The van der Waals surface area contributed by atoms with Gasteiger partial charge in [0.15, 0.2) is 0 Å². The van der Waals surface area contributed by atoms with Crippen LogP contribution < -0.4 is 5.32 Å². The molecule has 6 heteroatoms. The summed E-state index contributed by atoms with van der Waals surface area (Å²) in [5.41, 5.74) is 0.765. The van der Waals surface area contributed by atoms with Crippen molar-refractivity contribution in [3.8, 4) is 0 Å². The van der Waals surface area contributed by atoms with Crippen molar-refractivity contribution in [3.63, 3.8) is 0 Å². The molecule has 122 valence electrons. The van der Waals surface area contributed by atoms with E-state index in [1.54, 1.807) is 12.1 Å². The van der Waals surface area contributed by atoms with E-state index in [9.17, 15) is 13.2 Å². The Kier molecular flexibility index (Phi) is 5.58. The summed E-state index contributed by atoms with van der Waals surface area (Å²) in [6.45, 7) is 4.68. The second kappa shape index (κ2) is 7.24. The van der Waals surface area contributed by atoms with Gasteiger partial charge in [-0.05, 0) is 37.8 Å². The first kappa shape index (κ1) is 17.0. The first-order valence-electron chi connectivity index (χ1n) is 7.80. The molecular formula is C16H24N2O3S. The number of sulfonamides is 1. The van der Waals surface area contributed by atoms with Gasteiger partial charge in [-0.1, -0.05) is 25.1 Å². The number of carbonyl (C=O) groups excluding carboxylic acids is 1. The Balaban J connectivity index is 1.99. The monoisotopic (exact) mass is 324 g/mol. The van der Waals surface area contributed by atoms with Crippen molar-refractivity contribution < 1.29 is 13.2 Å². The van der Waals surface area contributed by atoms with Crippen molar-refractivity contribution in [2.24, 2.45) is 0 Å². The first-order chi connectivity index (χ1) is 10.4. The van der Waals surface area contributed by atoms with Crippen LogP contribution in [0.5, 0.6) is 0 Å². The van der Waals surface area contributed by atoms with Crippen LogP contribution in [0.3, 0.4) is 0 Å². The van der Waals surface area contributed by atoms with E-state index in [0.717, 1.165) is 12.0 Å². The summed E-state index contributed by atoms with van der Waals surface area (Å²) >= 11 is 0. The predicted octanol–water partition coefficient (Wildman–Crippen LogP) is 2.06. The predicted molar refractivity (Wildman–Crippen MR) is 86.0 cm³/mol. The van der Waals surface area contributed by atoms with Crippen LogP contribution in [0, 0.1) is 6.92 Å². The van der Waals surface area contributed by atoms with Crippen LogP contribution in [-0.4, -0.2) is 37.8 Å². The van der Waals surface area contributed by atoms with E-state index in [0.29, 0.717) is 37.2 Å². The fourth-order valence-corrected chi connectivity index (χ4v) is 4.45. The maximum atomic E-state index is 12.7. The van der Waals surface area contributed by atoms with E-state index in [2.05, 4.69) is 5.32 Å². The average molecular weight is 324 g/mol. The van der Waals surface area contributed by atoms with Gasteiger partial charge in [-0.3, -0.25) is 4.79 Å². The number of nitrogens with zero attached hydrogens (tertiary/aromatic N) is 1. The van der Waals surface area contributed by atoms with E-state index in [1.807, 2.05) is 26.0 Å². The van der Waals surface area contributed by atoms with Crippen LogP contribution in [-0.2, 0) is 14.8 Å². The van der Waals surface area contributed by atoms with Crippen LogP contribution in [0.2, 0.25) is 0 Å². The van der Waals surface area contributed by atoms with Crippen LogP contribution in [0.4, 0.5) is 0 Å². The summed E-state index contributed by atoms with van der Waals surface area (Å²) in [5, 5.41) is 2.98. The normalized spacial score (nSPS) is 17.4. The fraction of sp³-hybridized carbons (Fsp3) is 0.562. The summed E-state index contributed by atoms with van der Waals surface area (Å²) in [6, 6.07) is 7.13. The number of aryl methyl sites for hydroxylation is 1. The van der Waals surface area contributed by atoms with Gasteiger partial charge in [0.05, 0.1) is 4.90 Å². The average Bonchev–Trinajstić information content (AvgIpc) is 2.48. The molecule has 1 amide bonds. The minimum atomic E-state index is -3.43. The molecular weight excluding hydrogens is 300 g/mol. The van der Waals surface area contributed by atoms with E-state index >= 15 is 0 Å². The molecule has 1 aromatic carbocycles. The Morgan fingerprint density at radius 1 is 1.27 bits per heavy atom. The lowest BCUT2D eigenvalue weighted by Gasteiger charge is -2.32. The smallest absolute Gasteiger partial charge is 0.243 e. The molecule has 1 aromatic rings. The number of rotatable bonds is 5. The molecule has 0 radical (unpaired) electrons. The molecule has 22 heavy (non-hydrogen) atoms. The van der Waals surface area contributed by atoms with Gasteiger partial charge >= 0.3 is 0 Å². The van der Waals surface area contributed by atoms with Crippen molar-refractivity contribution in [2.75, 3.05) is 13.1 Å². The van der Waals surface area contributed by atoms with Gasteiger partial charge in [0.25, 0.3) is 0 Å². The third-order valence-corrected chi connectivity index (χ3v) is 6.07. The second-order valence-electron chi connectivity index (χ2n) is 5.76. The summed E-state index contributed by atoms with van der Waals surface area (Å²) < 4.78 is 26.9. The SMILES string of the molecule is CCCC(=O)NC1CCN(S(=O)(=O)c2ccccc2C)CC1. The van der Waals surface area contributed by atoms with Crippen molar-refractivity contribution >= 4 is 15.9 Å². The highest BCUT2D eigenvalue weighted by atomic mass is 32.2. The maximum Gasteiger partial charge on any atom is 0.243 e. The van der Waals surface area contributed by atoms with Crippen LogP contribution >= 0.6 is 0 Å². The van der Waals surface area contributed by atoms with Gasteiger partial charge in [0.2, 0.25) is 15.9 Å². The number of hydrogen-bond donors (Lipinski definition) is 1. The van der Waals surface area contributed by atoms with E-state index in [1.165, 1.54) is 4.31 Å². The zero-order chi connectivity index (χ0) is 16.2. The molecule has 1 fully saturated rings. The maximum absolute atomic E-state index is 12.7. The highest BCUT2D eigenvalue weighted by Gasteiger charge is 2.30. The van der Waals surface area contributed by atoms with E-state index < -0.39 is 10.0 Å². The molecule has 0 saturated carbocycles. The van der Waals surface area contributed by atoms with Crippen LogP contribution in [0.15, 0.2) is 29.2 Å². The molecule has 1 aliphatic rings. The molecule has 0 bridgehead atoms. The number of hydrogen-bond acceptors (Lipinski definition) is 3. The third kappa shape index (κ3) is 3.87. The van der Waals surface area contributed by atoms with Gasteiger partial charge in [-0.15, -0.1) is 0 Å². The molecule has 0 aromatic heterocycles. The van der Waals surface area contributed by atoms with Crippen molar-refractivity contribution in [1.82, 2.24) is 9.62 Å². The molecule has 5 nitrogen and oxygen atoms in total. The number of amides is 1. The molecule has 1 heterocycles. The standard InChI is InChI=1S/C16H24N2O3S/c1-3-6-16(19)17-14-9-11-18(12-10-14)22(20,21)15-8-5-4-7-13(15)2/h4-5,7-8,14H,3,6,9-12H2,1-2H3,(H,17,19). The van der Waals surface area contributed by atoms with Crippen molar-refractivity contribution in [2.45, 2.75) is 50.5 Å². The second-order valence-corrected chi connectivity index (χ2v) is 7.67. The molecule has 1 saturated heterocycles. The Bertz CT molecular complexity index is 620. The number of carbonyl (C=O) groups is 1. The summed E-state index contributed by atoms with van der Waals surface area (Å²) in [6.07, 6.45) is 2.69. The minimum Gasteiger partial charge on any atom is -0.353 e. The van der Waals surface area contributed by atoms with Crippen LogP contribution in [0.1, 0.15) is 38.2 Å². The first-order valence-corrected chi connectivity index (χ1v) is 9.24. The lowest BCUT2D eigenvalue weighted by Crippen LogP contribution is -2.46. The third-order valence-electron chi connectivity index (χ3n) is 4.01. The molecule has 2 rings (SSSR count). The van der Waals surface area contributed by atoms with Gasteiger partial charge in [0, 0.05) is 25.6 Å². The quantitative estimate of drug-likeness (QED) is 0.901. The Hall–Kier alpha value is -1.40. The van der Waals surface area contributed by atoms with Gasteiger partial charge < -0.3 is 5.32 Å². The Morgan fingerprint density at radius 2 is 1.91 bits per heavy atom. The number of piperidine rings is 1. The molecule has 0 aliphatic carbocycles. The Labute approximate surface area is 132 Å². The van der Waals surface area contributed by atoms with Crippen LogP contribution in [0.25, 0.3) is 0 Å². The highest BCUT2D eigenvalue weighted by Crippen LogP contribution is 2.23. The summed E-state index contributed by atoms with van der Waals surface area (Å²) in [7, 11) is -3.43. The summed E-state index contributed by atoms with van der Waals surface area (Å²) in [5.74, 6) is 0.0581. The van der Waals surface area contributed by atoms with E-state index in [-0.39, 0.29) is 11.9 Å². The molecule has 0 atom stereocenters. The minimum absolute atomic E-state index is 0.0581. The molecule has 0 unspecified atom stereocenters. The fourth-order valence-electron chi connectivity index (χ4n) is 2.75. The van der Waals surface area contributed by atoms with Gasteiger partial charge in [-0.25, -0.2) is 8.42 Å². The van der Waals surface area contributed by atoms with E-state index in [4.69, 9.17) is 0 Å². The van der Waals surface area contributed by atoms with Crippen molar-refractivity contribution in [1.29, 1.82) is 0 Å². The number of benzene rings is 1. The lowest BCUT2D eigenvalue weighted by molar-refractivity contribution is -0.122.